The van der Waals surface area contributed by atoms with E-state index >= 15 is 0 Å². The van der Waals surface area contributed by atoms with E-state index in [0.717, 1.165) is 71.0 Å². The van der Waals surface area contributed by atoms with Crippen molar-refractivity contribution in [3.63, 3.8) is 0 Å². The molecular formula is C37H53N5O2Si2. The van der Waals surface area contributed by atoms with Gasteiger partial charge >= 0.3 is 0 Å². The third-order valence-corrected chi connectivity index (χ3v) is 13.1. The quantitative estimate of drug-likeness (QED) is 0.0767. The van der Waals surface area contributed by atoms with Gasteiger partial charge in [0.05, 0.1) is 11.9 Å². The number of nitrogens with zero attached hydrogens (tertiary/aromatic N) is 5. The average molecular weight is 656 g/mol. The van der Waals surface area contributed by atoms with E-state index in [1.165, 1.54) is 37.8 Å². The lowest BCUT2D eigenvalue weighted by Gasteiger charge is -2.30. The molecule has 246 valence electrons. The molecule has 1 unspecified atom stereocenters. The highest BCUT2D eigenvalue weighted by Crippen LogP contribution is 2.48. The van der Waals surface area contributed by atoms with Crippen LogP contribution in [0.2, 0.25) is 51.4 Å². The van der Waals surface area contributed by atoms with Gasteiger partial charge in [0, 0.05) is 69.9 Å². The molecule has 0 N–H and O–H groups in total. The molecule has 9 heteroatoms. The Morgan fingerprint density at radius 1 is 0.783 bits per heavy atom. The highest BCUT2D eigenvalue weighted by atomic mass is 28.3. The minimum atomic E-state index is -1.21. The van der Waals surface area contributed by atoms with Crippen LogP contribution in [0.15, 0.2) is 60.9 Å². The molecule has 46 heavy (non-hydrogen) atoms. The minimum absolute atomic E-state index is 0.467. The molecule has 3 atom stereocenters. The average Bonchev–Trinajstić information content (AvgIpc) is 3.61. The van der Waals surface area contributed by atoms with Gasteiger partial charge in [0.15, 0.2) is 5.65 Å². The lowest BCUT2D eigenvalue weighted by molar-refractivity contribution is 0.0942. The van der Waals surface area contributed by atoms with Crippen LogP contribution >= 0.6 is 0 Å². The molecule has 6 rings (SSSR count). The molecule has 0 spiro atoms. The van der Waals surface area contributed by atoms with E-state index in [1.807, 2.05) is 23.0 Å². The first-order chi connectivity index (χ1) is 22.0. The summed E-state index contributed by atoms with van der Waals surface area (Å²) >= 11 is 0. The van der Waals surface area contributed by atoms with Crippen LogP contribution in [0, 0.1) is 11.8 Å². The molecule has 0 aliphatic heterocycles. The van der Waals surface area contributed by atoms with Gasteiger partial charge < -0.3 is 14.4 Å². The standard InChI is InChI=1S/C37H53N5O2Si2/c1-45(2,3)18-16-43-26-41(27-44-17-19-46(4,5)6)36-23-35(32-21-28-12-13-29(20-28)22-32)40-37-33(25-39-42(36)37)31-14-15-34(38-24-31)30-10-8-7-9-11-30/h7-11,14-15,23-25,28-29,32H,12-13,16-22,26-27H2,1-6H3/t28-,29+,32?. The van der Waals surface area contributed by atoms with E-state index < -0.39 is 16.1 Å². The molecule has 2 fully saturated rings. The second kappa shape index (κ2) is 14.1. The Morgan fingerprint density at radius 2 is 1.43 bits per heavy atom. The van der Waals surface area contributed by atoms with Crippen LogP contribution in [0.25, 0.3) is 28.0 Å². The number of hydrogen-bond donors (Lipinski definition) is 0. The second-order valence-corrected chi connectivity index (χ2v) is 27.3. The van der Waals surface area contributed by atoms with Gasteiger partial charge in [0.25, 0.3) is 0 Å². The SMILES string of the molecule is C[Si](C)(C)CCOCN(COCC[Si](C)(C)C)c1cc(C2C[C@H]3CC[C@@H](C2)C3)nc2c(-c3ccc(-c4ccccc4)nc3)cnn12. The number of ether oxygens (including phenoxy) is 2. The van der Waals surface area contributed by atoms with Crippen LogP contribution in [-0.2, 0) is 9.47 Å². The number of anilines is 1. The summed E-state index contributed by atoms with van der Waals surface area (Å²) in [6.45, 7) is 16.9. The van der Waals surface area contributed by atoms with Crippen LogP contribution < -0.4 is 4.90 Å². The monoisotopic (exact) mass is 655 g/mol. The minimum Gasteiger partial charge on any atom is -0.361 e. The van der Waals surface area contributed by atoms with Crippen LogP contribution in [0.1, 0.15) is 43.7 Å². The number of benzene rings is 1. The van der Waals surface area contributed by atoms with Gasteiger partial charge in [-0.1, -0.05) is 88.5 Å². The van der Waals surface area contributed by atoms with Crippen molar-refractivity contribution in [2.24, 2.45) is 11.8 Å². The third kappa shape index (κ3) is 8.34. The molecule has 1 aromatic carbocycles. The Hall–Kier alpha value is -2.86. The smallest absolute Gasteiger partial charge is 0.165 e. The fourth-order valence-corrected chi connectivity index (χ4v) is 8.47. The maximum absolute atomic E-state index is 6.37. The van der Waals surface area contributed by atoms with Crippen LogP contribution in [0.5, 0.6) is 0 Å². The van der Waals surface area contributed by atoms with Crippen LogP contribution in [0.3, 0.4) is 0 Å². The van der Waals surface area contributed by atoms with Gasteiger partial charge in [0.1, 0.15) is 19.3 Å². The molecule has 0 radical (unpaired) electrons. The highest BCUT2D eigenvalue weighted by Gasteiger charge is 2.36. The van der Waals surface area contributed by atoms with E-state index in [1.54, 1.807) is 0 Å². The molecule has 0 amide bonds. The number of rotatable bonds is 14. The lowest BCUT2D eigenvalue weighted by Crippen LogP contribution is -2.33. The highest BCUT2D eigenvalue weighted by molar-refractivity contribution is 6.76. The zero-order chi connectivity index (χ0) is 32.3. The van der Waals surface area contributed by atoms with Crippen molar-refractivity contribution in [1.82, 2.24) is 19.6 Å². The maximum Gasteiger partial charge on any atom is 0.165 e. The van der Waals surface area contributed by atoms with Crippen LogP contribution in [-0.4, -0.2) is 62.4 Å². The second-order valence-electron chi connectivity index (χ2n) is 16.1. The molecule has 2 aliphatic carbocycles. The summed E-state index contributed by atoms with van der Waals surface area (Å²) in [5.74, 6) is 3.13. The first-order valence-corrected chi connectivity index (χ1v) is 24.7. The topological polar surface area (TPSA) is 64.8 Å². The van der Waals surface area contributed by atoms with Gasteiger partial charge in [-0.2, -0.15) is 9.61 Å². The van der Waals surface area contributed by atoms with E-state index in [-0.39, 0.29) is 0 Å². The molecule has 4 aromatic rings. The Morgan fingerprint density at radius 3 is 2.02 bits per heavy atom. The zero-order valence-electron chi connectivity index (χ0n) is 28.8. The largest absolute Gasteiger partial charge is 0.361 e. The van der Waals surface area contributed by atoms with Gasteiger partial charge in [-0.25, -0.2) is 4.98 Å². The van der Waals surface area contributed by atoms with Crippen molar-refractivity contribution < 1.29 is 9.47 Å². The number of fused-ring (bicyclic) bond motifs is 3. The summed E-state index contributed by atoms with van der Waals surface area (Å²) < 4.78 is 14.7. The molecule has 3 heterocycles. The molecular weight excluding hydrogens is 603 g/mol. The summed E-state index contributed by atoms with van der Waals surface area (Å²) in [5.41, 5.74) is 6.18. The Labute approximate surface area is 277 Å². The number of hydrogen-bond acceptors (Lipinski definition) is 6. The molecule has 2 saturated carbocycles. The van der Waals surface area contributed by atoms with Gasteiger partial charge in [-0.3, -0.25) is 4.98 Å². The first-order valence-electron chi connectivity index (χ1n) is 17.3. The van der Waals surface area contributed by atoms with E-state index in [9.17, 15) is 0 Å². The summed E-state index contributed by atoms with van der Waals surface area (Å²) in [7, 11) is -2.41. The zero-order valence-corrected chi connectivity index (χ0v) is 30.8. The predicted octanol–water partition coefficient (Wildman–Crippen LogP) is 9.18. The van der Waals surface area contributed by atoms with Crippen molar-refractivity contribution in [1.29, 1.82) is 0 Å². The first kappa shape index (κ1) is 33.1. The maximum atomic E-state index is 6.37. The molecule has 7 nitrogen and oxygen atoms in total. The summed E-state index contributed by atoms with van der Waals surface area (Å²) in [6.07, 6.45) is 10.5. The van der Waals surface area contributed by atoms with Crippen molar-refractivity contribution in [3.8, 4) is 22.4 Å². The summed E-state index contributed by atoms with van der Waals surface area (Å²) in [4.78, 5) is 12.5. The predicted molar refractivity (Wildman–Crippen MR) is 195 cm³/mol. The molecule has 3 aromatic heterocycles. The fraction of sp³-hybridized carbons (Fsp3) is 0.541. The van der Waals surface area contributed by atoms with Gasteiger partial charge in [-0.05, 0) is 49.3 Å². The Bertz CT molecular complexity index is 1550. The molecule has 2 aliphatic rings. The van der Waals surface area contributed by atoms with Crippen molar-refractivity contribution >= 4 is 27.6 Å². The van der Waals surface area contributed by atoms with Crippen molar-refractivity contribution in [3.05, 3.63) is 66.6 Å². The summed E-state index contributed by atoms with van der Waals surface area (Å²) in [5, 5.41) is 4.95. The lowest BCUT2D eigenvalue weighted by atomic mass is 9.79. The van der Waals surface area contributed by atoms with Crippen molar-refractivity contribution in [2.45, 2.75) is 89.4 Å². The van der Waals surface area contributed by atoms with E-state index in [4.69, 9.17) is 24.5 Å². The van der Waals surface area contributed by atoms with Gasteiger partial charge in [-0.15, -0.1) is 0 Å². The fourth-order valence-electron chi connectivity index (χ4n) is 6.96. The van der Waals surface area contributed by atoms with E-state index in [0.29, 0.717) is 19.4 Å². The normalized spacial score (nSPS) is 20.0. The summed E-state index contributed by atoms with van der Waals surface area (Å²) in [6, 6.07) is 19.1. The molecule has 2 bridgehead atoms. The van der Waals surface area contributed by atoms with Gasteiger partial charge in [0.2, 0.25) is 0 Å². The van der Waals surface area contributed by atoms with Crippen LogP contribution in [0.4, 0.5) is 5.82 Å². The number of pyridine rings is 1. The Kier molecular flexibility index (Phi) is 10.1. The van der Waals surface area contributed by atoms with E-state index in [2.05, 4.69) is 86.6 Å². The third-order valence-electron chi connectivity index (χ3n) is 9.73. The molecule has 0 saturated heterocycles. The number of aromatic nitrogens is 4. The van der Waals surface area contributed by atoms with Crippen molar-refractivity contribution in [2.75, 3.05) is 31.6 Å². The Balaban J connectivity index is 1.35.